The highest BCUT2D eigenvalue weighted by atomic mass is 32.1. The number of nitrogens with two attached hydrogens (primary N) is 1. The van der Waals surface area contributed by atoms with Crippen molar-refractivity contribution in [1.29, 1.82) is 0 Å². The second-order valence-corrected chi connectivity index (χ2v) is 3.91. The number of para-hydroxylation sites is 1. The molecule has 0 aliphatic carbocycles. The highest BCUT2D eigenvalue weighted by molar-refractivity contribution is 7.07. The molecule has 0 aliphatic heterocycles. The van der Waals surface area contributed by atoms with Crippen LogP contribution in [0.2, 0.25) is 0 Å². The van der Waals surface area contributed by atoms with Crippen molar-refractivity contribution in [3.63, 3.8) is 0 Å². The Kier molecular flexibility index (Phi) is 7.10. The molecule has 2 aromatic heterocycles. The van der Waals surface area contributed by atoms with E-state index in [1.807, 2.05) is 77.8 Å². The van der Waals surface area contributed by atoms with E-state index in [1.165, 1.54) is 0 Å². The number of rotatable bonds is 0. The van der Waals surface area contributed by atoms with E-state index in [-0.39, 0.29) is 0 Å². The highest BCUT2D eigenvalue weighted by Gasteiger charge is 1.72. The fourth-order valence-electron chi connectivity index (χ4n) is 0.958. The molecule has 3 aromatic rings. The lowest BCUT2D eigenvalue weighted by molar-refractivity contribution is 1.42. The molecule has 0 fully saturated rings. The van der Waals surface area contributed by atoms with Crippen LogP contribution in [0.15, 0.2) is 77.8 Å². The number of nitrogen functional groups attached to an aromatic ring is 1. The van der Waals surface area contributed by atoms with Crippen molar-refractivity contribution >= 4 is 17.0 Å². The highest BCUT2D eigenvalue weighted by Crippen LogP contribution is 1.95. The van der Waals surface area contributed by atoms with Gasteiger partial charge in [-0.1, -0.05) is 30.3 Å². The van der Waals surface area contributed by atoms with Gasteiger partial charge in [0.25, 0.3) is 0 Å². The average Bonchev–Trinajstić information content (AvgIpc) is 3.09. The monoisotopic (exact) mass is 244 g/mol. The molecular weight excluding hydrogens is 228 g/mol. The lowest BCUT2D eigenvalue weighted by Crippen LogP contribution is -1.79. The fraction of sp³-hybridized carbons (Fsp3) is 0. The SMILES string of the molecule is Nc1ccccc1.c1cc[nH]c1.c1ccsc1. The molecule has 3 N–H and O–H groups in total. The van der Waals surface area contributed by atoms with Crippen LogP contribution >= 0.6 is 11.3 Å². The van der Waals surface area contributed by atoms with Crippen LogP contribution in [-0.2, 0) is 0 Å². The Morgan fingerprint density at radius 1 is 0.765 bits per heavy atom. The van der Waals surface area contributed by atoms with Crippen molar-refractivity contribution in [1.82, 2.24) is 4.98 Å². The van der Waals surface area contributed by atoms with Crippen LogP contribution in [0.5, 0.6) is 0 Å². The molecule has 0 unspecified atom stereocenters. The molecule has 2 nitrogen and oxygen atoms in total. The number of hydrogen-bond acceptors (Lipinski definition) is 2. The predicted molar refractivity (Wildman–Crippen MR) is 76.0 cm³/mol. The summed E-state index contributed by atoms with van der Waals surface area (Å²) < 4.78 is 0. The third-order valence-corrected chi connectivity index (χ3v) is 2.35. The van der Waals surface area contributed by atoms with E-state index in [9.17, 15) is 0 Å². The van der Waals surface area contributed by atoms with Gasteiger partial charge in [-0.3, -0.25) is 0 Å². The van der Waals surface area contributed by atoms with Crippen molar-refractivity contribution in [3.05, 3.63) is 77.8 Å². The lowest BCUT2D eigenvalue weighted by Gasteiger charge is -1.83. The summed E-state index contributed by atoms with van der Waals surface area (Å²) in [5.41, 5.74) is 6.18. The van der Waals surface area contributed by atoms with Gasteiger partial charge in [-0.15, -0.1) is 0 Å². The van der Waals surface area contributed by atoms with E-state index in [0.717, 1.165) is 5.69 Å². The third kappa shape index (κ3) is 7.88. The van der Waals surface area contributed by atoms with Gasteiger partial charge in [-0.2, -0.15) is 11.3 Å². The third-order valence-electron chi connectivity index (χ3n) is 1.72. The van der Waals surface area contributed by atoms with Crippen LogP contribution < -0.4 is 5.73 Å². The van der Waals surface area contributed by atoms with Crippen molar-refractivity contribution in [2.45, 2.75) is 0 Å². The first-order valence-electron chi connectivity index (χ1n) is 5.25. The number of aromatic nitrogens is 1. The number of benzene rings is 1. The normalized spacial score (nSPS) is 8.24. The van der Waals surface area contributed by atoms with Crippen molar-refractivity contribution in [3.8, 4) is 0 Å². The summed E-state index contributed by atoms with van der Waals surface area (Å²) in [4.78, 5) is 2.86. The first kappa shape index (κ1) is 13.1. The molecule has 0 aliphatic rings. The average molecular weight is 244 g/mol. The van der Waals surface area contributed by atoms with Crippen LogP contribution in [0.4, 0.5) is 5.69 Å². The Balaban J connectivity index is 0.000000130. The van der Waals surface area contributed by atoms with Crippen LogP contribution in [0.3, 0.4) is 0 Å². The van der Waals surface area contributed by atoms with Gasteiger partial charge < -0.3 is 10.7 Å². The molecule has 2 heterocycles. The lowest BCUT2D eigenvalue weighted by atomic mass is 10.3. The maximum atomic E-state index is 5.36. The van der Waals surface area contributed by atoms with Crippen molar-refractivity contribution in [2.75, 3.05) is 5.73 Å². The number of anilines is 1. The molecule has 3 rings (SSSR count). The Bertz CT molecular complexity index is 372. The number of nitrogens with one attached hydrogen (secondary N) is 1. The molecule has 17 heavy (non-hydrogen) atoms. The van der Waals surface area contributed by atoms with Crippen LogP contribution in [0.1, 0.15) is 0 Å². The predicted octanol–water partition coefficient (Wildman–Crippen LogP) is 4.03. The molecule has 0 saturated carbocycles. The van der Waals surface area contributed by atoms with E-state index in [1.54, 1.807) is 11.3 Å². The summed E-state index contributed by atoms with van der Waals surface area (Å²) >= 11 is 1.71. The standard InChI is InChI=1S/C6H7N.C4H5N.C4H4S/c7-6-4-2-1-3-5-6;2*1-2-4-5-3-1/h1-5H,7H2;1-5H;1-4H. The molecule has 1 aromatic carbocycles. The second kappa shape index (κ2) is 9.24. The largest absolute Gasteiger partial charge is 0.399 e. The molecular formula is C14H16N2S. The van der Waals surface area contributed by atoms with E-state index >= 15 is 0 Å². The van der Waals surface area contributed by atoms with Crippen LogP contribution in [-0.4, -0.2) is 4.98 Å². The maximum absolute atomic E-state index is 5.36. The van der Waals surface area contributed by atoms with E-state index in [4.69, 9.17) is 5.73 Å². The molecule has 0 atom stereocenters. The van der Waals surface area contributed by atoms with Crippen LogP contribution in [0.25, 0.3) is 0 Å². The Morgan fingerprint density at radius 2 is 1.35 bits per heavy atom. The first-order valence-corrected chi connectivity index (χ1v) is 6.19. The number of hydrogen-bond donors (Lipinski definition) is 2. The van der Waals surface area contributed by atoms with Gasteiger partial charge in [0, 0.05) is 18.1 Å². The van der Waals surface area contributed by atoms with Crippen LogP contribution in [0, 0.1) is 0 Å². The molecule has 0 bridgehead atoms. The molecule has 0 saturated heterocycles. The Labute approximate surface area is 106 Å². The number of thiophene rings is 1. The first-order chi connectivity index (χ1) is 8.39. The summed E-state index contributed by atoms with van der Waals surface area (Å²) in [6.45, 7) is 0. The minimum atomic E-state index is 0.822. The van der Waals surface area contributed by atoms with Gasteiger partial charge in [0.2, 0.25) is 0 Å². The molecule has 3 heteroatoms. The Morgan fingerprint density at radius 3 is 1.59 bits per heavy atom. The number of H-pyrrole nitrogens is 1. The number of aromatic amines is 1. The molecule has 0 amide bonds. The zero-order chi connectivity index (χ0) is 12.2. The van der Waals surface area contributed by atoms with Gasteiger partial charge in [-0.05, 0) is 35.0 Å². The Hall–Kier alpha value is -2.00. The van der Waals surface area contributed by atoms with Crippen molar-refractivity contribution < 1.29 is 0 Å². The van der Waals surface area contributed by atoms with Gasteiger partial charge in [-0.25, -0.2) is 0 Å². The zero-order valence-electron chi connectivity index (χ0n) is 9.49. The minimum absolute atomic E-state index is 0.822. The van der Waals surface area contributed by atoms with Crippen molar-refractivity contribution in [2.24, 2.45) is 0 Å². The summed E-state index contributed by atoms with van der Waals surface area (Å²) in [5.74, 6) is 0. The van der Waals surface area contributed by atoms with Gasteiger partial charge in [0.1, 0.15) is 0 Å². The van der Waals surface area contributed by atoms with E-state index < -0.39 is 0 Å². The summed E-state index contributed by atoms with van der Waals surface area (Å²) in [6, 6.07) is 17.4. The summed E-state index contributed by atoms with van der Waals surface area (Å²) in [6.07, 6.45) is 3.75. The van der Waals surface area contributed by atoms with E-state index in [0.29, 0.717) is 0 Å². The van der Waals surface area contributed by atoms with E-state index in [2.05, 4.69) is 4.98 Å². The summed E-state index contributed by atoms with van der Waals surface area (Å²) in [5, 5.41) is 4.08. The molecule has 88 valence electrons. The quantitative estimate of drug-likeness (QED) is 0.576. The molecule has 0 spiro atoms. The summed E-state index contributed by atoms with van der Waals surface area (Å²) in [7, 11) is 0. The van der Waals surface area contributed by atoms with Gasteiger partial charge in [0.15, 0.2) is 0 Å². The topological polar surface area (TPSA) is 41.8 Å². The maximum Gasteiger partial charge on any atom is 0.0313 e. The van der Waals surface area contributed by atoms with Gasteiger partial charge in [0.05, 0.1) is 0 Å². The minimum Gasteiger partial charge on any atom is -0.399 e. The van der Waals surface area contributed by atoms with Gasteiger partial charge >= 0.3 is 0 Å². The fourth-order valence-corrected chi connectivity index (χ4v) is 1.41. The zero-order valence-corrected chi connectivity index (χ0v) is 10.3. The molecule has 0 radical (unpaired) electrons. The second-order valence-electron chi connectivity index (χ2n) is 3.09. The smallest absolute Gasteiger partial charge is 0.0313 e.